The molecule has 8 N–H and O–H groups in total. The number of carbonyl (C=O) groups excluding carboxylic acids is 1. The number of hydrogen-bond acceptors (Lipinski definition) is 8. The average Bonchev–Trinajstić information content (AvgIpc) is 3.28. The van der Waals surface area contributed by atoms with E-state index in [9.17, 15) is 4.79 Å². The van der Waals surface area contributed by atoms with Gasteiger partial charge in [-0.05, 0) is 77.4 Å². The van der Waals surface area contributed by atoms with Gasteiger partial charge in [0.05, 0.1) is 5.70 Å². The van der Waals surface area contributed by atoms with Crippen molar-refractivity contribution in [3.63, 3.8) is 0 Å². The first-order chi connectivity index (χ1) is 29.9. The van der Waals surface area contributed by atoms with Crippen LogP contribution < -0.4 is 16.0 Å². The van der Waals surface area contributed by atoms with Gasteiger partial charge in [-0.1, -0.05) is 230 Å². The molecular formula is C55H123N3O6. The second-order valence-corrected chi connectivity index (χ2v) is 16.5. The second-order valence-electron chi connectivity index (χ2n) is 16.5. The monoisotopic (exact) mass is 922 g/mol. The lowest BCUT2D eigenvalue weighted by atomic mass is 10.1. The van der Waals surface area contributed by atoms with E-state index < -0.39 is 0 Å². The van der Waals surface area contributed by atoms with E-state index in [0.29, 0.717) is 19.0 Å². The normalized spacial score (nSPS) is 10.5. The molecule has 9 heteroatoms. The van der Waals surface area contributed by atoms with Gasteiger partial charge in [0.2, 0.25) is 0 Å². The summed E-state index contributed by atoms with van der Waals surface area (Å²) in [6.07, 6.45) is 47.2. The van der Waals surface area contributed by atoms with E-state index in [1.54, 1.807) is 6.08 Å². The molecule has 64 heavy (non-hydrogen) atoms. The van der Waals surface area contributed by atoms with E-state index in [0.717, 1.165) is 57.2 Å². The Morgan fingerprint density at radius 2 is 0.875 bits per heavy atom. The number of rotatable bonds is 40. The lowest BCUT2D eigenvalue weighted by molar-refractivity contribution is -0.107. The molecule has 9 nitrogen and oxygen atoms in total. The average molecular weight is 923 g/mol. The first-order valence-electron chi connectivity index (χ1n) is 26.4. The van der Waals surface area contributed by atoms with Gasteiger partial charge in [-0.15, -0.1) is 0 Å². The molecule has 394 valence electrons. The molecule has 1 aliphatic carbocycles. The van der Waals surface area contributed by atoms with Crippen molar-refractivity contribution in [2.75, 3.05) is 53.2 Å². The van der Waals surface area contributed by atoms with E-state index in [4.69, 9.17) is 20.1 Å². The van der Waals surface area contributed by atoms with Crippen molar-refractivity contribution in [2.45, 2.75) is 275 Å². The van der Waals surface area contributed by atoms with Gasteiger partial charge in [0.25, 0.3) is 0 Å². The molecule has 0 aromatic heterocycles. The van der Waals surface area contributed by atoms with Crippen LogP contribution in [0.3, 0.4) is 0 Å². The molecular weight excluding hydrogens is 799 g/mol. The Labute approximate surface area is 403 Å². The highest BCUT2D eigenvalue weighted by Gasteiger charge is 2.05. The minimum absolute atomic E-state index is 0. The van der Waals surface area contributed by atoms with E-state index in [-0.39, 0.29) is 27.1 Å². The molecule has 1 aliphatic rings. The highest BCUT2D eigenvalue weighted by molar-refractivity contribution is 5.48. The predicted octanol–water partition coefficient (Wildman–Crippen LogP) is 15.3. The summed E-state index contributed by atoms with van der Waals surface area (Å²) in [5.41, 5.74) is 0.862. The van der Waals surface area contributed by atoms with Gasteiger partial charge in [-0.25, -0.2) is 0 Å². The van der Waals surface area contributed by atoms with Crippen LogP contribution in [-0.4, -0.2) is 80.3 Å². The summed E-state index contributed by atoms with van der Waals surface area (Å²) in [4.78, 5) is 10.1. The van der Waals surface area contributed by atoms with Crippen molar-refractivity contribution in [3.8, 4) is 0 Å². The fourth-order valence-electron chi connectivity index (χ4n) is 5.84. The van der Waals surface area contributed by atoms with Gasteiger partial charge in [0.1, 0.15) is 18.8 Å². The zero-order valence-corrected chi connectivity index (χ0v) is 43.2. The lowest BCUT2D eigenvalue weighted by Crippen LogP contribution is -2.21. The maximum atomic E-state index is 10.1. The fourth-order valence-corrected chi connectivity index (χ4v) is 5.84. The van der Waals surface area contributed by atoms with Crippen LogP contribution in [0.25, 0.3) is 0 Å². The molecule has 0 atom stereocenters. The number of nitrogens with one attached hydrogen (secondary N) is 3. The molecule has 0 amide bonds. The molecule has 0 aromatic rings. The van der Waals surface area contributed by atoms with E-state index >= 15 is 0 Å². The summed E-state index contributed by atoms with van der Waals surface area (Å²) in [6, 6.07) is 0. The molecule has 0 fully saturated rings. The van der Waals surface area contributed by atoms with Crippen molar-refractivity contribution in [1.29, 1.82) is 0 Å². The topological polar surface area (TPSA) is 155 Å². The molecule has 1 rings (SSSR count). The number of ether oxygens (including phenoxy) is 1. The number of unbranched alkanes of at least 4 members (excludes halogenated alkanes) is 26. The number of aldehydes is 1. The fraction of sp³-hybridized carbons (Fsp3) is 0.909. The summed E-state index contributed by atoms with van der Waals surface area (Å²) >= 11 is 0. The Morgan fingerprint density at radius 3 is 1.20 bits per heavy atom. The number of aliphatic hydroxyl groups is 3. The molecule has 0 aliphatic heterocycles. The molecule has 0 bridgehead atoms. The molecule has 0 heterocycles. The molecule has 0 unspecified atom stereocenters. The van der Waals surface area contributed by atoms with Crippen molar-refractivity contribution >= 4 is 6.29 Å². The Bertz CT molecular complexity index is 745. The van der Waals surface area contributed by atoms with Gasteiger partial charge in [-0.3, -0.25) is 0 Å². The van der Waals surface area contributed by atoms with Crippen LogP contribution in [0.1, 0.15) is 275 Å². The zero-order valence-electron chi connectivity index (χ0n) is 43.2. The maximum Gasteiger partial charge on any atom is 0.143 e. The van der Waals surface area contributed by atoms with Gasteiger partial charge >= 0.3 is 0 Å². The van der Waals surface area contributed by atoms with Gasteiger partial charge in [-0.2, -0.15) is 0 Å². The van der Waals surface area contributed by atoms with Crippen LogP contribution in [0.4, 0.5) is 0 Å². The van der Waals surface area contributed by atoms with E-state index in [2.05, 4.69) is 64.4 Å². The summed E-state index contributed by atoms with van der Waals surface area (Å²) < 4.78 is 4.77. The van der Waals surface area contributed by atoms with E-state index in [1.807, 2.05) is 13.1 Å². The highest BCUT2D eigenvalue weighted by atomic mass is 16.6. The van der Waals surface area contributed by atoms with Crippen LogP contribution in [0.5, 0.6) is 0 Å². The Balaban J connectivity index is -0.000000100. The van der Waals surface area contributed by atoms with Crippen LogP contribution in [-0.2, 0) is 9.53 Å². The third kappa shape index (κ3) is 91.1. The van der Waals surface area contributed by atoms with Crippen LogP contribution >= 0.6 is 0 Å². The molecule has 0 radical (unpaired) electrons. The zero-order chi connectivity index (χ0) is 46.4. The minimum Gasteiger partial charge on any atom is -0.506 e. The molecule has 0 saturated heterocycles. The summed E-state index contributed by atoms with van der Waals surface area (Å²) in [5.74, 6) is 0.370. The first-order valence-corrected chi connectivity index (χ1v) is 26.4. The first kappa shape index (κ1) is 79.6. The van der Waals surface area contributed by atoms with Crippen molar-refractivity contribution in [2.24, 2.45) is 0 Å². The van der Waals surface area contributed by atoms with Gasteiger partial charge < -0.3 is 46.3 Å². The smallest absolute Gasteiger partial charge is 0.143 e. The number of aliphatic hydroxyl groups excluding tert-OH is 3. The van der Waals surface area contributed by atoms with Crippen molar-refractivity contribution < 1.29 is 30.3 Å². The summed E-state index contributed by atoms with van der Waals surface area (Å²) in [7, 11) is 1.93. The minimum atomic E-state index is -0.131. The highest BCUT2D eigenvalue weighted by Crippen LogP contribution is 2.11. The Kier molecular flexibility index (Phi) is 106. The quantitative estimate of drug-likeness (QED) is 0.0202. The van der Waals surface area contributed by atoms with Crippen LogP contribution in [0.15, 0.2) is 23.6 Å². The number of allylic oxidation sites excluding steroid dienone is 2. The molecule has 0 spiro atoms. The van der Waals surface area contributed by atoms with Crippen molar-refractivity contribution in [1.82, 2.24) is 16.0 Å². The number of carbonyl (C=O) groups is 1. The Hall–Kier alpha value is -1.49. The third-order valence-electron chi connectivity index (χ3n) is 10.2. The van der Waals surface area contributed by atoms with Gasteiger partial charge in [0.15, 0.2) is 0 Å². The van der Waals surface area contributed by atoms with Crippen molar-refractivity contribution in [3.05, 3.63) is 23.6 Å². The standard InChI is InChI=1S/C15H31NO.C9H20O.C9H20.C8H14N2O.C8H18O2.C4H10.2CH4.H2O/c1-2-3-4-7-10-13-16-14-11-8-5-6-9-12-15-17;1-2-3-4-5-6-7-8-9-10;1-3-5-7-9-8-6-4-2;1-9-5-2-6-10-7-3-4-8(7)11;1-2-3-4-5-6-7-10-8-9;1-3-4-2;;;/h15-16H,2-14H2,1H3;10H,2-9H2,1H3;3-9H2,1-2H3;3-4,9-11H,2,5-6H2,1H3;9H,2-8H2,1H3;3-4H2,1-2H3;2*1H4;1H2. The van der Waals surface area contributed by atoms with Gasteiger partial charge in [0, 0.05) is 26.2 Å². The molecule has 0 saturated carbocycles. The molecule has 0 aromatic carbocycles. The summed E-state index contributed by atoms with van der Waals surface area (Å²) in [6.45, 7) is 20.8. The van der Waals surface area contributed by atoms with Crippen LogP contribution in [0.2, 0.25) is 0 Å². The third-order valence-corrected chi connectivity index (χ3v) is 10.2. The van der Waals surface area contributed by atoms with E-state index in [1.165, 1.54) is 193 Å². The predicted molar refractivity (Wildman–Crippen MR) is 289 cm³/mol. The second kappa shape index (κ2) is 84.9. The number of hydrogen-bond donors (Lipinski definition) is 6. The Morgan fingerprint density at radius 1 is 0.484 bits per heavy atom. The SMILES string of the molecule is C.C.CCCC.CCCCCCCCC.CCCCCCCCCO.CCCCCCCNCCCCCCCC=O.CCCCCCCOCO.CNCCCNC1=C(O)C=C1.O. The van der Waals surface area contributed by atoms with Crippen LogP contribution in [0, 0.1) is 0 Å². The largest absolute Gasteiger partial charge is 0.506 e. The maximum absolute atomic E-state index is 10.1. The lowest BCUT2D eigenvalue weighted by Gasteiger charge is -2.13. The summed E-state index contributed by atoms with van der Waals surface area (Å²) in [5, 5.41) is 35.4.